The summed E-state index contributed by atoms with van der Waals surface area (Å²) in [5.41, 5.74) is 0.944. The second-order valence-electron chi connectivity index (χ2n) is 8.04. The average molecular weight is 317 g/mol. The van der Waals surface area contributed by atoms with Crippen molar-refractivity contribution in [3.63, 3.8) is 0 Å². The molecule has 126 valence electrons. The predicted octanol–water partition coefficient (Wildman–Crippen LogP) is 2.99. The van der Waals surface area contributed by atoms with Crippen LogP contribution in [0.1, 0.15) is 64.3 Å². The van der Waals surface area contributed by atoms with Crippen LogP contribution in [0, 0.1) is 5.92 Å². The molecule has 1 aliphatic carbocycles. The number of aromatic nitrogens is 2. The van der Waals surface area contributed by atoms with Gasteiger partial charge in [0.15, 0.2) is 0 Å². The number of rotatable bonds is 3. The SMILES string of the molecule is CC(C)(C)c1ncc(CN2C(C(=O)O)CC3CCCCC32)cn1. The summed E-state index contributed by atoms with van der Waals surface area (Å²) >= 11 is 0. The van der Waals surface area contributed by atoms with Crippen molar-refractivity contribution in [1.29, 1.82) is 0 Å². The van der Waals surface area contributed by atoms with Gasteiger partial charge in [0.05, 0.1) is 0 Å². The van der Waals surface area contributed by atoms with Gasteiger partial charge in [-0.2, -0.15) is 0 Å². The van der Waals surface area contributed by atoms with E-state index in [0.717, 1.165) is 24.2 Å². The Bertz CT molecular complexity index is 565. The Morgan fingerprint density at radius 2 is 1.91 bits per heavy atom. The smallest absolute Gasteiger partial charge is 0.320 e. The molecule has 1 aromatic rings. The van der Waals surface area contributed by atoms with Gasteiger partial charge in [0, 0.05) is 36.0 Å². The van der Waals surface area contributed by atoms with E-state index >= 15 is 0 Å². The van der Waals surface area contributed by atoms with E-state index in [0.29, 0.717) is 18.5 Å². The van der Waals surface area contributed by atoms with Crippen LogP contribution < -0.4 is 0 Å². The standard InChI is InChI=1S/C18H27N3O2/c1-18(2,3)17-19-9-12(10-20-17)11-21-14-7-5-4-6-13(14)8-15(21)16(22)23/h9-10,13-15H,4-8,11H2,1-3H3,(H,22,23). The van der Waals surface area contributed by atoms with Gasteiger partial charge in [-0.1, -0.05) is 33.6 Å². The van der Waals surface area contributed by atoms with E-state index < -0.39 is 5.97 Å². The number of carbonyl (C=O) groups is 1. The molecule has 2 aliphatic rings. The minimum absolute atomic E-state index is 0.0652. The predicted molar refractivity (Wildman–Crippen MR) is 88.1 cm³/mol. The molecule has 3 atom stereocenters. The molecule has 0 amide bonds. The Morgan fingerprint density at radius 1 is 1.26 bits per heavy atom. The Labute approximate surface area is 138 Å². The molecule has 1 N–H and O–H groups in total. The highest BCUT2D eigenvalue weighted by Crippen LogP contribution is 2.40. The Morgan fingerprint density at radius 3 is 2.52 bits per heavy atom. The first-order chi connectivity index (χ1) is 10.9. The van der Waals surface area contributed by atoms with Crippen molar-refractivity contribution < 1.29 is 9.90 Å². The molecule has 23 heavy (non-hydrogen) atoms. The molecular formula is C18H27N3O2. The van der Waals surface area contributed by atoms with Crippen molar-refractivity contribution >= 4 is 5.97 Å². The van der Waals surface area contributed by atoms with Gasteiger partial charge in [-0.3, -0.25) is 9.69 Å². The summed E-state index contributed by atoms with van der Waals surface area (Å²) in [5.74, 6) is 0.680. The van der Waals surface area contributed by atoms with E-state index in [9.17, 15) is 9.90 Å². The molecule has 0 aromatic carbocycles. The fourth-order valence-corrected chi connectivity index (χ4v) is 4.06. The molecule has 0 radical (unpaired) electrons. The molecule has 1 aliphatic heterocycles. The summed E-state index contributed by atoms with van der Waals surface area (Å²) in [7, 11) is 0. The molecule has 5 heteroatoms. The lowest BCUT2D eigenvalue weighted by Crippen LogP contribution is -2.41. The van der Waals surface area contributed by atoms with Crippen LogP contribution in [0.2, 0.25) is 0 Å². The highest BCUT2D eigenvalue weighted by Gasteiger charge is 2.45. The van der Waals surface area contributed by atoms with Crippen LogP contribution in [-0.4, -0.2) is 38.0 Å². The van der Waals surface area contributed by atoms with Crippen LogP contribution in [-0.2, 0) is 16.8 Å². The lowest BCUT2D eigenvalue weighted by atomic mass is 9.84. The zero-order valence-electron chi connectivity index (χ0n) is 14.3. The van der Waals surface area contributed by atoms with Crippen molar-refractivity contribution in [3.8, 4) is 0 Å². The fraction of sp³-hybridized carbons (Fsp3) is 0.722. The van der Waals surface area contributed by atoms with Crippen molar-refractivity contribution in [2.24, 2.45) is 5.92 Å². The molecule has 2 heterocycles. The molecular weight excluding hydrogens is 290 g/mol. The third kappa shape index (κ3) is 3.39. The first kappa shape index (κ1) is 16.4. The summed E-state index contributed by atoms with van der Waals surface area (Å²) in [6.45, 7) is 6.92. The third-order valence-corrected chi connectivity index (χ3v) is 5.25. The number of nitrogens with zero attached hydrogens (tertiary/aromatic N) is 3. The molecule has 3 unspecified atom stereocenters. The Kier molecular flexibility index (Phi) is 4.41. The van der Waals surface area contributed by atoms with Crippen LogP contribution in [0.15, 0.2) is 12.4 Å². The van der Waals surface area contributed by atoms with Gasteiger partial charge < -0.3 is 5.11 Å². The van der Waals surface area contributed by atoms with Crippen molar-refractivity contribution in [1.82, 2.24) is 14.9 Å². The highest BCUT2D eigenvalue weighted by molar-refractivity contribution is 5.74. The van der Waals surface area contributed by atoms with E-state index in [4.69, 9.17) is 0 Å². The average Bonchev–Trinajstić information content (AvgIpc) is 2.86. The lowest BCUT2D eigenvalue weighted by molar-refractivity contribution is -0.142. The lowest BCUT2D eigenvalue weighted by Gasteiger charge is -2.32. The zero-order chi connectivity index (χ0) is 16.6. The van der Waals surface area contributed by atoms with Crippen LogP contribution in [0.3, 0.4) is 0 Å². The van der Waals surface area contributed by atoms with Crippen molar-refractivity contribution in [3.05, 3.63) is 23.8 Å². The summed E-state index contributed by atoms with van der Waals surface area (Å²) in [6.07, 6.45) is 9.26. The van der Waals surface area contributed by atoms with E-state index in [2.05, 4.69) is 35.6 Å². The molecule has 1 saturated heterocycles. The van der Waals surface area contributed by atoms with Crippen LogP contribution in [0.4, 0.5) is 0 Å². The maximum Gasteiger partial charge on any atom is 0.320 e. The van der Waals surface area contributed by atoms with Gasteiger partial charge in [-0.05, 0) is 25.2 Å². The van der Waals surface area contributed by atoms with Crippen LogP contribution in [0.25, 0.3) is 0 Å². The minimum Gasteiger partial charge on any atom is -0.480 e. The molecule has 0 spiro atoms. The second kappa shape index (κ2) is 6.19. The monoisotopic (exact) mass is 317 g/mol. The molecule has 1 saturated carbocycles. The minimum atomic E-state index is -0.688. The summed E-state index contributed by atoms with van der Waals surface area (Å²) in [6, 6.07) is 0.0533. The van der Waals surface area contributed by atoms with Gasteiger partial charge >= 0.3 is 5.97 Å². The second-order valence-corrected chi connectivity index (χ2v) is 8.04. The number of fused-ring (bicyclic) bond motifs is 1. The van der Waals surface area contributed by atoms with Crippen molar-refractivity contribution in [2.45, 2.75) is 76.9 Å². The maximum absolute atomic E-state index is 11.7. The van der Waals surface area contributed by atoms with Crippen LogP contribution >= 0.6 is 0 Å². The molecule has 3 rings (SSSR count). The van der Waals surface area contributed by atoms with Gasteiger partial charge in [0.2, 0.25) is 0 Å². The Hall–Kier alpha value is -1.49. The van der Waals surface area contributed by atoms with Gasteiger partial charge in [-0.25, -0.2) is 9.97 Å². The zero-order valence-corrected chi connectivity index (χ0v) is 14.3. The van der Waals surface area contributed by atoms with Crippen LogP contribution in [0.5, 0.6) is 0 Å². The number of carboxylic acids is 1. The third-order valence-electron chi connectivity index (χ3n) is 5.25. The molecule has 0 bridgehead atoms. The van der Waals surface area contributed by atoms with Gasteiger partial charge in [0.1, 0.15) is 11.9 Å². The van der Waals surface area contributed by atoms with Gasteiger partial charge in [-0.15, -0.1) is 0 Å². The van der Waals surface area contributed by atoms with Crippen molar-refractivity contribution in [2.75, 3.05) is 0 Å². The number of carboxylic acid groups (broad SMARTS) is 1. The summed E-state index contributed by atoms with van der Waals surface area (Å²) in [5, 5.41) is 9.59. The summed E-state index contributed by atoms with van der Waals surface area (Å²) < 4.78 is 0. The normalized spacial score (nSPS) is 28.6. The summed E-state index contributed by atoms with van der Waals surface area (Å²) in [4.78, 5) is 22.8. The number of hydrogen-bond donors (Lipinski definition) is 1. The number of hydrogen-bond acceptors (Lipinski definition) is 4. The van der Waals surface area contributed by atoms with E-state index in [1.807, 2.05) is 12.4 Å². The molecule has 2 fully saturated rings. The molecule has 1 aromatic heterocycles. The largest absolute Gasteiger partial charge is 0.480 e. The first-order valence-corrected chi connectivity index (χ1v) is 8.66. The van der Waals surface area contributed by atoms with E-state index in [1.54, 1.807) is 0 Å². The number of aliphatic carboxylic acids is 1. The quantitative estimate of drug-likeness (QED) is 0.928. The van der Waals surface area contributed by atoms with E-state index in [-0.39, 0.29) is 11.5 Å². The maximum atomic E-state index is 11.7. The first-order valence-electron chi connectivity index (χ1n) is 8.66. The topological polar surface area (TPSA) is 66.3 Å². The van der Waals surface area contributed by atoms with E-state index in [1.165, 1.54) is 19.3 Å². The fourth-order valence-electron chi connectivity index (χ4n) is 4.06. The number of likely N-dealkylation sites (tertiary alicyclic amines) is 1. The van der Waals surface area contributed by atoms with Gasteiger partial charge in [0.25, 0.3) is 0 Å². The highest BCUT2D eigenvalue weighted by atomic mass is 16.4. The Balaban J connectivity index is 1.77. The molecule has 5 nitrogen and oxygen atoms in total.